The fourth-order valence-corrected chi connectivity index (χ4v) is 4.17. The third kappa shape index (κ3) is 7.04. The zero-order valence-corrected chi connectivity index (χ0v) is 17.8. The van der Waals surface area contributed by atoms with Gasteiger partial charge in [0, 0.05) is 37.9 Å². The van der Waals surface area contributed by atoms with Crippen LogP contribution in [0.1, 0.15) is 16.8 Å². The number of ether oxygens (including phenoxy) is 1. The molecule has 2 N–H and O–H groups in total. The number of anilines is 2. The third-order valence-corrected chi connectivity index (χ3v) is 5.90. The number of hydrogen-bond acceptors (Lipinski definition) is 7. The molecule has 8 nitrogen and oxygen atoms in total. The summed E-state index contributed by atoms with van der Waals surface area (Å²) in [5.74, 6) is 0.761. The smallest absolute Gasteiger partial charge is 0.378 e. The first-order valence-electron chi connectivity index (χ1n) is 9.68. The Kier molecular flexibility index (Phi) is 7.34. The van der Waals surface area contributed by atoms with E-state index < -0.39 is 27.5 Å². The van der Waals surface area contributed by atoms with E-state index in [-0.39, 0.29) is 18.7 Å². The van der Waals surface area contributed by atoms with E-state index in [4.69, 9.17) is 4.74 Å². The van der Waals surface area contributed by atoms with Gasteiger partial charge in [-0.2, -0.15) is 18.2 Å². The Morgan fingerprint density at radius 2 is 1.77 bits per heavy atom. The molecule has 1 fully saturated rings. The van der Waals surface area contributed by atoms with Crippen LogP contribution in [0.2, 0.25) is 0 Å². The maximum absolute atomic E-state index is 12.6. The number of morpholine rings is 1. The Hall–Kier alpha value is -2.44. The zero-order chi connectivity index (χ0) is 22.5. The Balaban J connectivity index is 1.50. The monoisotopic (exact) mass is 459 g/mol. The lowest BCUT2D eigenvalue weighted by Crippen LogP contribution is -2.37. The molecule has 1 saturated heterocycles. The average Bonchev–Trinajstić information content (AvgIpc) is 2.71. The van der Waals surface area contributed by atoms with Crippen molar-refractivity contribution in [2.24, 2.45) is 0 Å². The normalized spacial score (nSPS) is 15.2. The second kappa shape index (κ2) is 9.79. The number of alkyl halides is 3. The van der Waals surface area contributed by atoms with Crippen molar-refractivity contribution < 1.29 is 26.3 Å². The molecule has 0 atom stereocenters. The molecular formula is C19H24F3N5O3S. The van der Waals surface area contributed by atoms with E-state index in [1.807, 2.05) is 13.0 Å². The largest absolute Gasteiger partial charge is 0.416 e. The van der Waals surface area contributed by atoms with Gasteiger partial charge >= 0.3 is 6.18 Å². The fourth-order valence-electron chi connectivity index (χ4n) is 3.03. The minimum absolute atomic E-state index is 0.0765. The highest BCUT2D eigenvalue weighted by Gasteiger charge is 2.30. The predicted octanol–water partition coefficient (Wildman–Crippen LogP) is 2.17. The van der Waals surface area contributed by atoms with Crippen molar-refractivity contribution in [2.45, 2.75) is 18.9 Å². The number of hydrogen-bond donors (Lipinski definition) is 2. The summed E-state index contributed by atoms with van der Waals surface area (Å²) in [7, 11) is -3.71. The molecule has 2 heterocycles. The first-order valence-corrected chi connectivity index (χ1v) is 11.3. The highest BCUT2D eigenvalue weighted by molar-refractivity contribution is 7.88. The minimum Gasteiger partial charge on any atom is -0.378 e. The molecule has 0 aliphatic carbocycles. The molecule has 31 heavy (non-hydrogen) atoms. The number of halogens is 3. The van der Waals surface area contributed by atoms with Crippen molar-refractivity contribution in [1.29, 1.82) is 0 Å². The van der Waals surface area contributed by atoms with Crippen molar-refractivity contribution in [2.75, 3.05) is 49.6 Å². The molecule has 2 aromatic rings. The number of rotatable bonds is 8. The van der Waals surface area contributed by atoms with Crippen LogP contribution in [0.25, 0.3) is 0 Å². The van der Waals surface area contributed by atoms with E-state index in [9.17, 15) is 21.6 Å². The molecule has 12 heteroatoms. The van der Waals surface area contributed by atoms with Crippen LogP contribution in [-0.4, -0.2) is 57.8 Å². The highest BCUT2D eigenvalue weighted by atomic mass is 32.2. The molecule has 3 rings (SSSR count). The fraction of sp³-hybridized carbons (Fsp3) is 0.474. The van der Waals surface area contributed by atoms with Gasteiger partial charge in [-0.25, -0.2) is 18.1 Å². The second-order valence-electron chi connectivity index (χ2n) is 7.07. The maximum atomic E-state index is 12.6. The van der Waals surface area contributed by atoms with Crippen LogP contribution < -0.4 is 14.9 Å². The van der Waals surface area contributed by atoms with E-state index in [2.05, 4.69) is 24.9 Å². The number of benzene rings is 1. The van der Waals surface area contributed by atoms with Gasteiger partial charge in [0.25, 0.3) is 0 Å². The first-order chi connectivity index (χ1) is 14.6. The van der Waals surface area contributed by atoms with Gasteiger partial charge in [0.2, 0.25) is 16.0 Å². The summed E-state index contributed by atoms with van der Waals surface area (Å²) in [5.41, 5.74) is 0.230. The molecule has 0 radical (unpaired) electrons. The number of sulfonamides is 1. The molecule has 0 amide bonds. The lowest BCUT2D eigenvalue weighted by molar-refractivity contribution is -0.137. The van der Waals surface area contributed by atoms with Crippen molar-refractivity contribution >= 4 is 21.8 Å². The molecule has 1 aromatic heterocycles. The number of aromatic nitrogens is 2. The standard InChI is InChI=1S/C19H24F3N5O3S/c1-14-12-17(27-8-10-30-11-9-27)26-18(25-14)23-6-7-24-31(28,29)13-15-2-4-16(5-3-15)19(20,21)22/h2-5,12,24H,6-11,13H2,1H3,(H,23,25,26). The lowest BCUT2D eigenvalue weighted by Gasteiger charge is -2.28. The predicted molar refractivity (Wildman–Crippen MR) is 110 cm³/mol. The summed E-state index contributed by atoms with van der Waals surface area (Å²) in [6.45, 7) is 4.91. The molecule has 0 unspecified atom stereocenters. The van der Waals surface area contributed by atoms with Gasteiger partial charge in [-0.05, 0) is 24.6 Å². The third-order valence-electron chi connectivity index (χ3n) is 4.54. The molecule has 0 saturated carbocycles. The Morgan fingerprint density at radius 1 is 1.10 bits per heavy atom. The maximum Gasteiger partial charge on any atom is 0.416 e. The summed E-state index contributed by atoms with van der Waals surface area (Å²) in [6.07, 6.45) is -4.46. The van der Waals surface area contributed by atoms with Crippen LogP contribution in [0.15, 0.2) is 30.3 Å². The van der Waals surface area contributed by atoms with Crippen LogP contribution in [0.5, 0.6) is 0 Å². The van der Waals surface area contributed by atoms with Gasteiger partial charge in [0.1, 0.15) is 5.82 Å². The molecule has 170 valence electrons. The molecule has 1 aromatic carbocycles. The quantitative estimate of drug-likeness (QED) is 0.584. The minimum atomic E-state index is -4.46. The lowest BCUT2D eigenvalue weighted by atomic mass is 10.1. The van der Waals surface area contributed by atoms with E-state index >= 15 is 0 Å². The van der Waals surface area contributed by atoms with Crippen molar-refractivity contribution in [1.82, 2.24) is 14.7 Å². The van der Waals surface area contributed by atoms with Crippen molar-refractivity contribution in [3.05, 3.63) is 47.2 Å². The summed E-state index contributed by atoms with van der Waals surface area (Å²) in [6, 6.07) is 5.94. The number of nitrogens with one attached hydrogen (secondary N) is 2. The van der Waals surface area contributed by atoms with Crippen LogP contribution in [0.4, 0.5) is 24.9 Å². The van der Waals surface area contributed by atoms with Crippen LogP contribution in [0.3, 0.4) is 0 Å². The van der Waals surface area contributed by atoms with E-state index in [1.54, 1.807) is 0 Å². The van der Waals surface area contributed by atoms with Gasteiger partial charge in [-0.15, -0.1) is 0 Å². The van der Waals surface area contributed by atoms with Crippen LogP contribution in [-0.2, 0) is 26.7 Å². The van der Waals surface area contributed by atoms with Crippen molar-refractivity contribution in [3.8, 4) is 0 Å². The SMILES string of the molecule is Cc1cc(N2CCOCC2)nc(NCCNS(=O)(=O)Cc2ccc(C(F)(F)F)cc2)n1. The Labute approximate surface area is 178 Å². The van der Waals surface area contributed by atoms with Crippen LogP contribution >= 0.6 is 0 Å². The zero-order valence-electron chi connectivity index (χ0n) is 16.9. The van der Waals surface area contributed by atoms with Gasteiger partial charge in [-0.3, -0.25) is 0 Å². The Bertz CT molecular complexity index is 978. The molecule has 1 aliphatic rings. The topological polar surface area (TPSA) is 96.5 Å². The number of aryl methyl sites for hydroxylation is 1. The summed E-state index contributed by atoms with van der Waals surface area (Å²) in [4.78, 5) is 10.9. The summed E-state index contributed by atoms with van der Waals surface area (Å²) in [5, 5.41) is 2.99. The van der Waals surface area contributed by atoms with Crippen LogP contribution in [0, 0.1) is 6.92 Å². The first kappa shape index (κ1) is 23.2. The van der Waals surface area contributed by atoms with Gasteiger partial charge in [-0.1, -0.05) is 12.1 Å². The van der Waals surface area contributed by atoms with E-state index in [1.165, 1.54) is 0 Å². The van der Waals surface area contributed by atoms with Gasteiger partial charge in [0.05, 0.1) is 24.5 Å². The molecular weight excluding hydrogens is 435 g/mol. The van der Waals surface area contributed by atoms with Gasteiger partial charge in [0.15, 0.2) is 0 Å². The molecule has 0 spiro atoms. The van der Waals surface area contributed by atoms with Gasteiger partial charge < -0.3 is 15.0 Å². The van der Waals surface area contributed by atoms with E-state index in [0.717, 1.165) is 48.9 Å². The van der Waals surface area contributed by atoms with E-state index in [0.29, 0.717) is 19.2 Å². The molecule has 0 bridgehead atoms. The Morgan fingerprint density at radius 3 is 2.42 bits per heavy atom. The number of nitrogens with zero attached hydrogens (tertiary/aromatic N) is 3. The average molecular weight is 459 g/mol. The summed E-state index contributed by atoms with van der Waals surface area (Å²) >= 11 is 0. The summed E-state index contributed by atoms with van der Waals surface area (Å²) < 4.78 is 70.0. The highest BCUT2D eigenvalue weighted by Crippen LogP contribution is 2.29. The van der Waals surface area contributed by atoms with Crippen molar-refractivity contribution in [3.63, 3.8) is 0 Å². The second-order valence-corrected chi connectivity index (χ2v) is 8.87. The molecule has 1 aliphatic heterocycles.